The molecule has 0 aliphatic heterocycles. The average molecular weight is 255 g/mol. The van der Waals surface area contributed by atoms with Crippen molar-refractivity contribution in [3.8, 4) is 0 Å². The highest BCUT2D eigenvalue weighted by Crippen LogP contribution is 2.39. The Morgan fingerprint density at radius 2 is 1.95 bits per heavy atom. The van der Waals surface area contributed by atoms with Crippen molar-refractivity contribution in [1.82, 2.24) is 5.32 Å². The van der Waals surface area contributed by atoms with E-state index in [-0.39, 0.29) is 0 Å². The topological polar surface area (TPSA) is 25.2 Å². The Bertz CT molecular complexity index is 526. The maximum Gasteiger partial charge on any atom is 0.120 e. The van der Waals surface area contributed by atoms with Crippen LogP contribution in [0.5, 0.6) is 0 Å². The summed E-state index contributed by atoms with van der Waals surface area (Å²) in [4.78, 5) is 0. The lowest BCUT2D eigenvalue weighted by Crippen LogP contribution is -2.41. The summed E-state index contributed by atoms with van der Waals surface area (Å²) in [5.41, 5.74) is 2.94. The second-order valence-corrected chi connectivity index (χ2v) is 5.63. The predicted molar refractivity (Wildman–Crippen MR) is 77.2 cm³/mol. The molecule has 1 aromatic heterocycles. The molecule has 0 radical (unpaired) electrons. The van der Waals surface area contributed by atoms with Gasteiger partial charge in [0.1, 0.15) is 5.76 Å². The molecule has 0 spiro atoms. The summed E-state index contributed by atoms with van der Waals surface area (Å²) in [6.07, 6.45) is 4.20. The van der Waals surface area contributed by atoms with Crippen molar-refractivity contribution < 1.29 is 4.42 Å². The number of benzene rings is 1. The van der Waals surface area contributed by atoms with Gasteiger partial charge in [0.15, 0.2) is 0 Å². The van der Waals surface area contributed by atoms with E-state index < -0.39 is 0 Å². The highest BCUT2D eigenvalue weighted by molar-refractivity contribution is 5.31. The van der Waals surface area contributed by atoms with Crippen LogP contribution in [0, 0.1) is 6.92 Å². The number of aryl methyl sites for hydroxylation is 1. The maximum absolute atomic E-state index is 5.43. The molecule has 2 heteroatoms. The minimum absolute atomic E-state index is 0.304. The number of hydrogen-bond donors (Lipinski definition) is 1. The highest BCUT2D eigenvalue weighted by Gasteiger charge is 2.32. The zero-order chi connectivity index (χ0) is 13.2. The molecule has 19 heavy (non-hydrogen) atoms. The smallest absolute Gasteiger partial charge is 0.120 e. The van der Waals surface area contributed by atoms with Crippen molar-refractivity contribution in [1.29, 1.82) is 0 Å². The van der Waals surface area contributed by atoms with Crippen molar-refractivity contribution in [2.24, 2.45) is 0 Å². The van der Waals surface area contributed by atoms with Crippen LogP contribution in [0.15, 0.2) is 47.1 Å². The minimum atomic E-state index is 0.304. The Hall–Kier alpha value is -1.54. The summed E-state index contributed by atoms with van der Waals surface area (Å²) in [6.45, 7) is 4.38. The molecule has 1 aliphatic rings. The molecule has 1 atom stereocenters. The minimum Gasteiger partial charge on any atom is -0.468 e. The average Bonchev–Trinajstić information content (AvgIpc) is 2.88. The van der Waals surface area contributed by atoms with E-state index in [4.69, 9.17) is 4.42 Å². The number of hydrogen-bond acceptors (Lipinski definition) is 2. The second kappa shape index (κ2) is 5.22. The molecule has 1 aliphatic carbocycles. The quantitative estimate of drug-likeness (QED) is 0.886. The van der Waals surface area contributed by atoms with Gasteiger partial charge in [0.2, 0.25) is 0 Å². The molecule has 1 N–H and O–H groups in total. The van der Waals surface area contributed by atoms with Gasteiger partial charge in [0.25, 0.3) is 0 Å². The zero-order valence-corrected chi connectivity index (χ0v) is 11.6. The Morgan fingerprint density at radius 1 is 1.16 bits per heavy atom. The Morgan fingerprint density at radius 3 is 2.63 bits per heavy atom. The van der Waals surface area contributed by atoms with E-state index in [0.717, 1.165) is 11.7 Å². The first kappa shape index (κ1) is 12.5. The summed E-state index contributed by atoms with van der Waals surface area (Å²) in [5, 5.41) is 3.64. The van der Waals surface area contributed by atoms with Gasteiger partial charge in [-0.15, -0.1) is 0 Å². The highest BCUT2D eigenvalue weighted by atomic mass is 16.3. The fraction of sp³-hybridized carbons (Fsp3) is 0.412. The Labute approximate surface area is 114 Å². The molecule has 0 unspecified atom stereocenters. The van der Waals surface area contributed by atoms with Crippen LogP contribution in [0.25, 0.3) is 0 Å². The van der Waals surface area contributed by atoms with Crippen LogP contribution in [0.4, 0.5) is 0 Å². The molecule has 1 fully saturated rings. The second-order valence-electron chi connectivity index (χ2n) is 5.63. The third kappa shape index (κ3) is 2.59. The van der Waals surface area contributed by atoms with Crippen LogP contribution in [0.1, 0.15) is 48.6 Å². The molecule has 100 valence electrons. The largest absolute Gasteiger partial charge is 0.468 e. The molecular weight excluding hydrogens is 234 g/mol. The van der Waals surface area contributed by atoms with E-state index in [2.05, 4.69) is 43.4 Å². The van der Waals surface area contributed by atoms with Gasteiger partial charge in [0.05, 0.1) is 12.3 Å². The van der Waals surface area contributed by atoms with E-state index in [1.165, 1.54) is 24.0 Å². The van der Waals surface area contributed by atoms with Crippen LogP contribution < -0.4 is 5.32 Å². The van der Waals surface area contributed by atoms with Crippen molar-refractivity contribution in [3.05, 3.63) is 59.5 Å². The molecule has 3 rings (SSSR count). The van der Waals surface area contributed by atoms with Gasteiger partial charge in [-0.05, 0) is 55.9 Å². The molecule has 0 amide bonds. The van der Waals surface area contributed by atoms with E-state index in [0.29, 0.717) is 12.1 Å². The summed E-state index contributed by atoms with van der Waals surface area (Å²) in [7, 11) is 0. The summed E-state index contributed by atoms with van der Waals surface area (Å²) >= 11 is 0. The van der Waals surface area contributed by atoms with Gasteiger partial charge in [-0.25, -0.2) is 0 Å². The molecule has 1 saturated carbocycles. The third-order valence-electron chi connectivity index (χ3n) is 4.22. The first-order valence-electron chi connectivity index (χ1n) is 7.09. The van der Waals surface area contributed by atoms with Gasteiger partial charge in [0, 0.05) is 6.04 Å². The molecule has 1 aromatic carbocycles. The maximum atomic E-state index is 5.43. The molecule has 0 bridgehead atoms. The normalized spacial score (nSPS) is 23.9. The van der Waals surface area contributed by atoms with Crippen molar-refractivity contribution in [2.45, 2.75) is 44.7 Å². The molecule has 1 heterocycles. The van der Waals surface area contributed by atoms with E-state index in [9.17, 15) is 0 Å². The predicted octanol–water partition coefficient (Wildman–Crippen LogP) is 4.18. The number of nitrogens with one attached hydrogen (secondary N) is 1. The van der Waals surface area contributed by atoms with Gasteiger partial charge < -0.3 is 9.73 Å². The lowest BCUT2D eigenvalue weighted by atomic mass is 9.74. The van der Waals surface area contributed by atoms with E-state index in [1.807, 2.05) is 12.1 Å². The van der Waals surface area contributed by atoms with Crippen molar-refractivity contribution in [3.63, 3.8) is 0 Å². The SMILES string of the molecule is Cc1ccccc1C1CC(N[C@H](C)c2ccco2)C1. The van der Waals surface area contributed by atoms with Crippen LogP contribution >= 0.6 is 0 Å². The molecular formula is C17H21NO. The zero-order valence-electron chi connectivity index (χ0n) is 11.6. The van der Waals surface area contributed by atoms with Crippen LogP contribution in [-0.2, 0) is 0 Å². The summed E-state index contributed by atoms with van der Waals surface area (Å²) in [5.74, 6) is 1.75. The standard InChI is InChI=1S/C17H21NO/c1-12-6-3-4-7-16(12)14-10-15(11-14)18-13(2)17-8-5-9-19-17/h3-9,13-15,18H,10-11H2,1-2H3/t13-,14?,15?/m1/s1. The van der Waals surface area contributed by atoms with E-state index in [1.54, 1.807) is 6.26 Å². The number of rotatable bonds is 4. The number of furan rings is 1. The van der Waals surface area contributed by atoms with Gasteiger partial charge >= 0.3 is 0 Å². The van der Waals surface area contributed by atoms with E-state index >= 15 is 0 Å². The lowest BCUT2D eigenvalue weighted by Gasteiger charge is -2.38. The first-order valence-corrected chi connectivity index (χ1v) is 7.09. The summed E-state index contributed by atoms with van der Waals surface area (Å²) in [6, 6.07) is 13.6. The molecule has 2 aromatic rings. The van der Waals surface area contributed by atoms with Gasteiger partial charge in [-0.2, -0.15) is 0 Å². The van der Waals surface area contributed by atoms with Crippen LogP contribution in [0.3, 0.4) is 0 Å². The molecule has 0 saturated heterocycles. The fourth-order valence-electron chi connectivity index (χ4n) is 3.03. The Kier molecular flexibility index (Phi) is 3.43. The lowest BCUT2D eigenvalue weighted by molar-refractivity contribution is 0.258. The fourth-order valence-corrected chi connectivity index (χ4v) is 3.03. The van der Waals surface area contributed by atoms with Crippen molar-refractivity contribution >= 4 is 0 Å². The first-order chi connectivity index (χ1) is 9.24. The van der Waals surface area contributed by atoms with Gasteiger partial charge in [-0.3, -0.25) is 0 Å². The summed E-state index contributed by atoms with van der Waals surface area (Å²) < 4.78 is 5.43. The Balaban J connectivity index is 1.55. The molecule has 2 nitrogen and oxygen atoms in total. The van der Waals surface area contributed by atoms with Crippen LogP contribution in [0.2, 0.25) is 0 Å². The van der Waals surface area contributed by atoms with Crippen molar-refractivity contribution in [2.75, 3.05) is 0 Å². The monoisotopic (exact) mass is 255 g/mol. The van der Waals surface area contributed by atoms with Gasteiger partial charge in [-0.1, -0.05) is 24.3 Å². The third-order valence-corrected chi connectivity index (χ3v) is 4.22. The van der Waals surface area contributed by atoms with Crippen LogP contribution in [-0.4, -0.2) is 6.04 Å².